The van der Waals surface area contributed by atoms with E-state index in [2.05, 4.69) is 15.7 Å². The number of amides is 2. The largest absolute Gasteiger partial charge is 0.507 e. The number of aromatic nitrogens is 2. The van der Waals surface area contributed by atoms with E-state index < -0.39 is 0 Å². The molecule has 1 fully saturated rings. The van der Waals surface area contributed by atoms with Gasteiger partial charge in [-0.1, -0.05) is 11.6 Å². The highest BCUT2D eigenvalue weighted by atomic mass is 35.5. The maximum atomic E-state index is 12.6. The molecule has 4 rings (SSSR count). The average Bonchev–Trinajstić information content (AvgIpc) is 3.47. The third-order valence-corrected chi connectivity index (χ3v) is 5.23. The fourth-order valence-corrected chi connectivity index (χ4v) is 3.42. The highest BCUT2D eigenvalue weighted by Gasteiger charge is 2.31. The van der Waals surface area contributed by atoms with Gasteiger partial charge in [-0.2, -0.15) is 9.78 Å². The lowest BCUT2D eigenvalue weighted by molar-refractivity contribution is 0.102. The van der Waals surface area contributed by atoms with E-state index in [0.29, 0.717) is 27.5 Å². The number of benzene rings is 2. The van der Waals surface area contributed by atoms with Gasteiger partial charge in [-0.05, 0) is 75.2 Å². The van der Waals surface area contributed by atoms with Crippen LogP contribution in [-0.2, 0) is 0 Å². The zero-order chi connectivity index (χ0) is 22.1. The van der Waals surface area contributed by atoms with Crippen molar-refractivity contribution in [3.8, 4) is 17.0 Å². The molecule has 1 heterocycles. The molecule has 1 aromatic heterocycles. The minimum Gasteiger partial charge on any atom is -0.507 e. The zero-order valence-corrected chi connectivity index (χ0v) is 18.0. The summed E-state index contributed by atoms with van der Waals surface area (Å²) < 4.78 is 1.38. The van der Waals surface area contributed by atoms with E-state index in [-0.39, 0.29) is 29.6 Å². The van der Waals surface area contributed by atoms with E-state index in [1.54, 1.807) is 36.4 Å². The van der Waals surface area contributed by atoms with Gasteiger partial charge in [-0.15, -0.1) is 0 Å². The standard InChI is InChI=1S/C23H23ClN4O3/c1-13(2)25-23(31)28-20(14-3-4-14)12-19(27-28)18-11-17(9-10-21(18)29)26-22(30)15-5-7-16(24)8-6-15/h5-14,29H,3-4H2,1-2H3,(H,25,31)(H,26,30). The van der Waals surface area contributed by atoms with Gasteiger partial charge in [0.2, 0.25) is 0 Å². The minimum atomic E-state index is -0.297. The summed E-state index contributed by atoms with van der Waals surface area (Å²) in [5, 5.41) is 21.1. The molecule has 0 atom stereocenters. The Labute approximate surface area is 185 Å². The van der Waals surface area contributed by atoms with Crippen molar-refractivity contribution < 1.29 is 14.7 Å². The Kier molecular flexibility index (Phi) is 5.69. The van der Waals surface area contributed by atoms with Crippen LogP contribution in [0.15, 0.2) is 48.5 Å². The Bertz CT molecular complexity index is 1130. The Hall–Kier alpha value is -3.32. The molecule has 0 spiro atoms. The fraction of sp³-hybridized carbons (Fsp3) is 0.261. The number of nitrogens with one attached hydrogen (secondary N) is 2. The van der Waals surface area contributed by atoms with E-state index >= 15 is 0 Å². The Morgan fingerprint density at radius 1 is 1.13 bits per heavy atom. The number of anilines is 1. The van der Waals surface area contributed by atoms with Crippen molar-refractivity contribution in [3.63, 3.8) is 0 Å². The molecule has 1 saturated carbocycles. The number of rotatable bonds is 5. The quantitative estimate of drug-likeness (QED) is 0.488. The summed E-state index contributed by atoms with van der Waals surface area (Å²) in [4.78, 5) is 25.1. The second-order valence-electron chi connectivity index (χ2n) is 7.94. The van der Waals surface area contributed by atoms with E-state index in [1.807, 2.05) is 19.9 Å². The van der Waals surface area contributed by atoms with Crippen LogP contribution in [0.4, 0.5) is 10.5 Å². The first-order chi connectivity index (χ1) is 14.8. The number of phenols is 1. The van der Waals surface area contributed by atoms with Gasteiger partial charge in [-0.3, -0.25) is 4.79 Å². The van der Waals surface area contributed by atoms with E-state index in [4.69, 9.17) is 11.6 Å². The van der Waals surface area contributed by atoms with E-state index in [9.17, 15) is 14.7 Å². The Morgan fingerprint density at radius 2 is 1.84 bits per heavy atom. The van der Waals surface area contributed by atoms with Crippen LogP contribution in [-0.4, -0.2) is 32.9 Å². The summed E-state index contributed by atoms with van der Waals surface area (Å²) >= 11 is 5.88. The number of hydrogen-bond donors (Lipinski definition) is 3. The molecule has 160 valence electrons. The molecule has 31 heavy (non-hydrogen) atoms. The monoisotopic (exact) mass is 438 g/mol. The molecule has 1 aliphatic rings. The first-order valence-electron chi connectivity index (χ1n) is 10.1. The van der Waals surface area contributed by atoms with Crippen molar-refractivity contribution in [2.75, 3.05) is 5.32 Å². The molecule has 1 aliphatic carbocycles. The average molecular weight is 439 g/mol. The van der Waals surface area contributed by atoms with Crippen LogP contribution in [0.1, 0.15) is 48.7 Å². The predicted octanol–water partition coefficient (Wildman–Crippen LogP) is 5.00. The van der Waals surface area contributed by atoms with Gasteiger partial charge < -0.3 is 15.7 Å². The molecule has 7 nitrogen and oxygen atoms in total. The lowest BCUT2D eigenvalue weighted by atomic mass is 10.1. The molecular weight excluding hydrogens is 416 g/mol. The van der Waals surface area contributed by atoms with Gasteiger partial charge in [0, 0.05) is 33.8 Å². The molecule has 0 bridgehead atoms. The summed E-state index contributed by atoms with van der Waals surface area (Å²) in [6, 6.07) is 12.8. The molecule has 0 radical (unpaired) electrons. The highest BCUT2D eigenvalue weighted by molar-refractivity contribution is 6.30. The molecule has 0 aliphatic heterocycles. The van der Waals surface area contributed by atoms with Crippen molar-refractivity contribution in [3.05, 3.63) is 64.8 Å². The molecule has 3 N–H and O–H groups in total. The number of nitrogens with zero attached hydrogens (tertiary/aromatic N) is 2. The van der Waals surface area contributed by atoms with Gasteiger partial charge in [0.1, 0.15) is 5.75 Å². The Morgan fingerprint density at radius 3 is 2.48 bits per heavy atom. The highest BCUT2D eigenvalue weighted by Crippen LogP contribution is 2.42. The first-order valence-corrected chi connectivity index (χ1v) is 10.5. The second kappa shape index (κ2) is 8.43. The number of carbonyl (C=O) groups is 2. The topological polar surface area (TPSA) is 96.3 Å². The number of halogens is 1. The van der Waals surface area contributed by atoms with Crippen LogP contribution in [0.3, 0.4) is 0 Å². The normalized spacial score (nSPS) is 13.3. The van der Waals surface area contributed by atoms with Crippen LogP contribution >= 0.6 is 11.6 Å². The van der Waals surface area contributed by atoms with E-state index in [0.717, 1.165) is 18.5 Å². The maximum absolute atomic E-state index is 12.6. The first kappa shape index (κ1) is 20.9. The van der Waals surface area contributed by atoms with Crippen molar-refractivity contribution in [1.82, 2.24) is 15.1 Å². The predicted molar refractivity (Wildman–Crippen MR) is 120 cm³/mol. The summed E-state index contributed by atoms with van der Waals surface area (Å²) in [6.45, 7) is 3.77. The lowest BCUT2D eigenvalue weighted by Gasteiger charge is -2.10. The molecule has 8 heteroatoms. The van der Waals surface area contributed by atoms with Crippen molar-refractivity contribution >= 4 is 29.2 Å². The molecular formula is C23H23ClN4O3. The number of hydrogen-bond acceptors (Lipinski definition) is 4. The molecule has 3 aromatic rings. The number of carbonyl (C=O) groups excluding carboxylic acids is 2. The van der Waals surface area contributed by atoms with Crippen molar-refractivity contribution in [2.24, 2.45) is 0 Å². The van der Waals surface area contributed by atoms with Gasteiger partial charge >= 0.3 is 6.03 Å². The minimum absolute atomic E-state index is 0.0146. The number of aromatic hydroxyl groups is 1. The fourth-order valence-electron chi connectivity index (χ4n) is 3.29. The summed E-state index contributed by atoms with van der Waals surface area (Å²) in [6.07, 6.45) is 2.01. The van der Waals surface area contributed by atoms with Crippen LogP contribution in [0.25, 0.3) is 11.3 Å². The summed E-state index contributed by atoms with van der Waals surface area (Å²) in [5.74, 6) is 0.00340. The SMILES string of the molecule is CC(C)NC(=O)n1nc(-c2cc(NC(=O)c3ccc(Cl)cc3)ccc2O)cc1C1CC1. The van der Waals surface area contributed by atoms with Gasteiger partial charge in [0.25, 0.3) is 5.91 Å². The number of phenolic OH excluding ortho intramolecular Hbond substituents is 1. The molecule has 0 saturated heterocycles. The van der Waals surface area contributed by atoms with E-state index in [1.165, 1.54) is 10.7 Å². The Balaban J connectivity index is 1.63. The van der Waals surface area contributed by atoms with Crippen molar-refractivity contribution in [2.45, 2.75) is 38.6 Å². The molecule has 0 unspecified atom stereocenters. The van der Waals surface area contributed by atoms with Crippen LogP contribution < -0.4 is 10.6 Å². The van der Waals surface area contributed by atoms with Gasteiger partial charge in [-0.25, -0.2) is 4.79 Å². The van der Waals surface area contributed by atoms with Crippen molar-refractivity contribution in [1.29, 1.82) is 0 Å². The maximum Gasteiger partial charge on any atom is 0.342 e. The third kappa shape index (κ3) is 4.72. The van der Waals surface area contributed by atoms with Crippen LogP contribution in [0.2, 0.25) is 5.02 Å². The van der Waals surface area contributed by atoms with Gasteiger partial charge in [0.05, 0.1) is 11.4 Å². The molecule has 2 aromatic carbocycles. The van der Waals surface area contributed by atoms with Gasteiger partial charge in [0.15, 0.2) is 0 Å². The smallest absolute Gasteiger partial charge is 0.342 e. The zero-order valence-electron chi connectivity index (χ0n) is 17.2. The lowest BCUT2D eigenvalue weighted by Crippen LogP contribution is -2.35. The van der Waals surface area contributed by atoms with Crippen LogP contribution in [0.5, 0.6) is 5.75 Å². The third-order valence-electron chi connectivity index (χ3n) is 4.97. The summed E-state index contributed by atoms with van der Waals surface area (Å²) in [5.41, 5.74) is 2.70. The summed E-state index contributed by atoms with van der Waals surface area (Å²) in [7, 11) is 0. The van der Waals surface area contributed by atoms with Crippen LogP contribution in [0, 0.1) is 0 Å². The molecule has 2 amide bonds. The second-order valence-corrected chi connectivity index (χ2v) is 8.37.